The van der Waals surface area contributed by atoms with E-state index in [4.69, 9.17) is 16.3 Å². The number of rotatable bonds is 3. The Hall–Kier alpha value is -3.46. The SMILES string of the molecule is O=C(Oc1ccc(-n2c(O)c3c(c2O)CCCC3)cn1)N1CCN(c2ccc(Cl)cn2)CC1. The maximum absolute atomic E-state index is 12.6. The molecule has 2 N–H and O–H groups in total. The first-order valence-corrected chi connectivity index (χ1v) is 11.3. The Bertz CT molecular complexity index is 1130. The summed E-state index contributed by atoms with van der Waals surface area (Å²) in [6, 6.07) is 6.87. The molecule has 9 nitrogen and oxygen atoms in total. The zero-order valence-electron chi connectivity index (χ0n) is 17.9. The summed E-state index contributed by atoms with van der Waals surface area (Å²) in [5, 5.41) is 21.7. The van der Waals surface area contributed by atoms with Gasteiger partial charge >= 0.3 is 6.09 Å². The largest absolute Gasteiger partial charge is 0.494 e. The predicted molar refractivity (Wildman–Crippen MR) is 123 cm³/mol. The van der Waals surface area contributed by atoms with Crippen molar-refractivity contribution in [2.24, 2.45) is 0 Å². The van der Waals surface area contributed by atoms with Crippen LogP contribution in [0.5, 0.6) is 17.6 Å². The van der Waals surface area contributed by atoms with E-state index in [0.29, 0.717) is 36.9 Å². The minimum absolute atomic E-state index is 0.0433. The molecule has 0 spiro atoms. The van der Waals surface area contributed by atoms with Crippen molar-refractivity contribution in [3.05, 3.63) is 52.8 Å². The number of aromatic nitrogens is 3. The molecule has 10 heteroatoms. The van der Waals surface area contributed by atoms with Gasteiger partial charge < -0.3 is 24.7 Å². The topological polar surface area (TPSA) is 104 Å². The zero-order chi connectivity index (χ0) is 22.9. The van der Waals surface area contributed by atoms with Gasteiger partial charge in [-0.3, -0.25) is 0 Å². The van der Waals surface area contributed by atoms with Crippen molar-refractivity contribution in [3.8, 4) is 23.3 Å². The van der Waals surface area contributed by atoms with Gasteiger partial charge in [0.25, 0.3) is 0 Å². The van der Waals surface area contributed by atoms with Crippen molar-refractivity contribution in [1.82, 2.24) is 19.4 Å². The molecule has 3 aromatic heterocycles. The fourth-order valence-corrected chi connectivity index (χ4v) is 4.52. The highest BCUT2D eigenvalue weighted by molar-refractivity contribution is 6.30. The average molecular weight is 470 g/mol. The van der Waals surface area contributed by atoms with Gasteiger partial charge in [0.1, 0.15) is 5.82 Å². The maximum Gasteiger partial charge on any atom is 0.416 e. The molecular formula is C23H24ClN5O4. The van der Waals surface area contributed by atoms with Gasteiger partial charge in [-0.1, -0.05) is 11.6 Å². The number of hydrogen-bond acceptors (Lipinski definition) is 7. The maximum atomic E-state index is 12.6. The van der Waals surface area contributed by atoms with Crippen LogP contribution in [0.3, 0.4) is 0 Å². The molecule has 1 fully saturated rings. The third-order valence-corrected chi connectivity index (χ3v) is 6.40. The van der Waals surface area contributed by atoms with E-state index in [9.17, 15) is 15.0 Å². The first kappa shape index (κ1) is 21.4. The lowest BCUT2D eigenvalue weighted by Crippen LogP contribution is -2.49. The number of ether oxygens (including phenoxy) is 1. The molecule has 0 atom stereocenters. The van der Waals surface area contributed by atoms with Crippen molar-refractivity contribution in [1.29, 1.82) is 0 Å². The number of fused-ring (bicyclic) bond motifs is 1. The van der Waals surface area contributed by atoms with E-state index in [1.54, 1.807) is 29.3 Å². The summed E-state index contributed by atoms with van der Waals surface area (Å²) >= 11 is 5.89. The number of carbonyl (C=O) groups is 1. The van der Waals surface area contributed by atoms with Crippen LogP contribution in [0.4, 0.5) is 10.6 Å². The van der Waals surface area contributed by atoms with Gasteiger partial charge in [-0.05, 0) is 43.9 Å². The van der Waals surface area contributed by atoms with E-state index in [0.717, 1.165) is 42.6 Å². The monoisotopic (exact) mass is 469 g/mol. The summed E-state index contributed by atoms with van der Waals surface area (Å²) in [6.45, 7) is 2.26. The number of hydrogen-bond donors (Lipinski definition) is 2. The molecule has 2 aliphatic rings. The Morgan fingerprint density at radius 3 is 2.18 bits per heavy atom. The highest BCUT2D eigenvalue weighted by atomic mass is 35.5. The van der Waals surface area contributed by atoms with Gasteiger partial charge in [0.15, 0.2) is 0 Å². The minimum Gasteiger partial charge on any atom is -0.494 e. The van der Waals surface area contributed by atoms with Crippen LogP contribution in [-0.2, 0) is 12.8 Å². The second kappa shape index (κ2) is 8.82. The first-order valence-electron chi connectivity index (χ1n) is 11.0. The fourth-order valence-electron chi connectivity index (χ4n) is 4.41. The summed E-state index contributed by atoms with van der Waals surface area (Å²) in [4.78, 5) is 24.8. The van der Waals surface area contributed by atoms with Crippen LogP contribution in [-0.4, -0.2) is 61.9 Å². The lowest BCUT2D eigenvalue weighted by atomic mass is 9.95. The van der Waals surface area contributed by atoms with Crippen LogP contribution in [0.25, 0.3) is 5.69 Å². The number of amides is 1. The lowest BCUT2D eigenvalue weighted by Gasteiger charge is -2.34. The Morgan fingerprint density at radius 1 is 0.909 bits per heavy atom. The Kier molecular flexibility index (Phi) is 5.72. The second-order valence-corrected chi connectivity index (χ2v) is 8.61. The molecule has 1 amide bonds. The summed E-state index contributed by atoms with van der Waals surface area (Å²) in [7, 11) is 0. The van der Waals surface area contributed by atoms with Gasteiger partial charge in [0, 0.05) is 49.6 Å². The molecule has 0 aromatic carbocycles. The highest BCUT2D eigenvalue weighted by Gasteiger charge is 2.26. The van der Waals surface area contributed by atoms with Crippen molar-refractivity contribution >= 4 is 23.5 Å². The van der Waals surface area contributed by atoms with Gasteiger partial charge in [0.05, 0.1) is 16.9 Å². The number of aromatic hydroxyl groups is 2. The summed E-state index contributed by atoms with van der Waals surface area (Å²) in [5.41, 5.74) is 2.09. The molecule has 3 aromatic rings. The van der Waals surface area contributed by atoms with Crippen LogP contribution in [0.2, 0.25) is 5.02 Å². The molecule has 5 rings (SSSR count). The molecule has 4 heterocycles. The second-order valence-electron chi connectivity index (χ2n) is 8.18. The predicted octanol–water partition coefficient (Wildman–Crippen LogP) is 3.53. The van der Waals surface area contributed by atoms with Crippen LogP contribution in [0.1, 0.15) is 24.0 Å². The molecule has 0 radical (unpaired) electrons. The molecule has 33 heavy (non-hydrogen) atoms. The van der Waals surface area contributed by atoms with Crippen LogP contribution < -0.4 is 9.64 Å². The Labute approximate surface area is 195 Å². The lowest BCUT2D eigenvalue weighted by molar-refractivity contribution is 0.147. The van der Waals surface area contributed by atoms with Crippen LogP contribution in [0, 0.1) is 0 Å². The number of piperazine rings is 1. The number of anilines is 1. The quantitative estimate of drug-likeness (QED) is 0.604. The van der Waals surface area contributed by atoms with Crippen molar-refractivity contribution in [2.75, 3.05) is 31.1 Å². The Morgan fingerprint density at radius 2 is 1.61 bits per heavy atom. The molecule has 1 aliphatic carbocycles. The molecule has 1 aliphatic heterocycles. The fraction of sp³-hybridized carbons (Fsp3) is 0.348. The van der Waals surface area contributed by atoms with E-state index < -0.39 is 6.09 Å². The summed E-state index contributed by atoms with van der Waals surface area (Å²) in [5.74, 6) is 1.06. The third-order valence-electron chi connectivity index (χ3n) is 6.18. The Balaban J connectivity index is 1.22. The van der Waals surface area contributed by atoms with Gasteiger partial charge in [0.2, 0.25) is 17.6 Å². The molecule has 1 saturated heterocycles. The van der Waals surface area contributed by atoms with E-state index >= 15 is 0 Å². The van der Waals surface area contributed by atoms with Crippen molar-refractivity contribution in [2.45, 2.75) is 25.7 Å². The van der Waals surface area contributed by atoms with Crippen molar-refractivity contribution < 1.29 is 19.7 Å². The molecule has 0 bridgehead atoms. The third kappa shape index (κ3) is 4.16. The number of halogens is 1. The standard InChI is InChI=1S/C23H24ClN5O4/c24-15-5-7-19(25-13-15)27-9-11-28(12-10-27)23(32)33-20-8-6-16(14-26-20)29-21(30)17-3-1-2-4-18(17)22(29)31/h5-8,13-14,30-31H,1-4,9-12H2. The number of pyridine rings is 2. The van der Waals surface area contributed by atoms with E-state index in [-0.39, 0.29) is 17.6 Å². The summed E-state index contributed by atoms with van der Waals surface area (Å²) in [6.07, 6.45) is 6.07. The molecular weight excluding hydrogens is 446 g/mol. The van der Waals surface area contributed by atoms with Crippen LogP contribution in [0.15, 0.2) is 36.7 Å². The normalized spacial score (nSPS) is 15.9. The van der Waals surface area contributed by atoms with Crippen LogP contribution >= 0.6 is 11.6 Å². The van der Waals surface area contributed by atoms with Crippen molar-refractivity contribution in [3.63, 3.8) is 0 Å². The van der Waals surface area contributed by atoms with E-state index in [1.807, 2.05) is 6.07 Å². The van der Waals surface area contributed by atoms with Gasteiger partial charge in [-0.15, -0.1) is 0 Å². The molecule has 0 unspecified atom stereocenters. The van der Waals surface area contributed by atoms with Gasteiger partial charge in [-0.2, -0.15) is 0 Å². The van der Waals surface area contributed by atoms with Gasteiger partial charge in [-0.25, -0.2) is 19.3 Å². The molecule has 0 saturated carbocycles. The van der Waals surface area contributed by atoms with E-state index in [2.05, 4.69) is 14.9 Å². The first-order chi connectivity index (χ1) is 16.0. The zero-order valence-corrected chi connectivity index (χ0v) is 18.7. The number of carbonyl (C=O) groups excluding carboxylic acids is 1. The van der Waals surface area contributed by atoms with E-state index in [1.165, 1.54) is 10.8 Å². The average Bonchev–Trinajstić information content (AvgIpc) is 3.10. The smallest absolute Gasteiger partial charge is 0.416 e. The summed E-state index contributed by atoms with van der Waals surface area (Å²) < 4.78 is 6.82. The number of nitrogens with zero attached hydrogens (tertiary/aromatic N) is 5. The minimum atomic E-state index is -0.471. The molecule has 172 valence electrons. The highest BCUT2D eigenvalue weighted by Crippen LogP contribution is 2.40.